The van der Waals surface area contributed by atoms with Gasteiger partial charge in [0.15, 0.2) is 0 Å². The summed E-state index contributed by atoms with van der Waals surface area (Å²) in [7, 11) is 0. The van der Waals surface area contributed by atoms with E-state index >= 15 is 0 Å². The predicted octanol–water partition coefficient (Wildman–Crippen LogP) is 4.65. The van der Waals surface area contributed by atoms with E-state index in [1.54, 1.807) is 18.7 Å². The Morgan fingerprint density at radius 2 is 2.21 bits per heavy atom. The number of fused-ring (bicyclic) bond motifs is 1. The lowest BCUT2D eigenvalue weighted by Gasteiger charge is -2.15. The Kier molecular flexibility index (Phi) is 3.13. The highest BCUT2D eigenvalue weighted by atomic mass is 35.5. The van der Waals surface area contributed by atoms with E-state index in [1.165, 1.54) is 0 Å². The van der Waals surface area contributed by atoms with Gasteiger partial charge in [-0.3, -0.25) is 4.98 Å². The molecule has 0 saturated carbocycles. The van der Waals surface area contributed by atoms with Gasteiger partial charge in [-0.2, -0.15) is 0 Å². The third-order valence-electron chi connectivity index (χ3n) is 3.08. The van der Waals surface area contributed by atoms with Crippen LogP contribution in [0.15, 0.2) is 53.5 Å². The second-order valence-corrected chi connectivity index (χ2v) is 4.89. The first kappa shape index (κ1) is 12.1. The van der Waals surface area contributed by atoms with Gasteiger partial charge in [-0.25, -0.2) is 0 Å². The molecule has 0 aliphatic rings. The number of anilines is 1. The van der Waals surface area contributed by atoms with Crippen molar-refractivity contribution in [2.75, 3.05) is 5.32 Å². The van der Waals surface area contributed by atoms with Crippen LogP contribution in [0.5, 0.6) is 0 Å². The number of aromatic nitrogens is 1. The molecule has 3 nitrogen and oxygen atoms in total. The van der Waals surface area contributed by atoms with E-state index in [9.17, 15) is 0 Å². The topological polar surface area (TPSA) is 38.1 Å². The Morgan fingerprint density at radius 1 is 1.32 bits per heavy atom. The molecule has 0 amide bonds. The summed E-state index contributed by atoms with van der Waals surface area (Å²) in [5.74, 6) is 0. The molecule has 1 unspecified atom stereocenters. The minimum atomic E-state index is 0.127. The molecule has 2 aromatic heterocycles. The fourth-order valence-electron chi connectivity index (χ4n) is 2.10. The summed E-state index contributed by atoms with van der Waals surface area (Å²) in [6.07, 6.45) is 5.18. The largest absolute Gasteiger partial charge is 0.472 e. The quantitative estimate of drug-likeness (QED) is 0.754. The van der Waals surface area contributed by atoms with Crippen LogP contribution in [0.3, 0.4) is 0 Å². The van der Waals surface area contributed by atoms with Crippen LogP contribution in [0, 0.1) is 0 Å². The Hall–Kier alpha value is -2.00. The van der Waals surface area contributed by atoms with Crippen LogP contribution in [0.2, 0.25) is 5.02 Å². The smallest absolute Gasteiger partial charge is 0.0955 e. The Labute approximate surface area is 116 Å². The van der Waals surface area contributed by atoms with Crippen molar-refractivity contribution in [2.24, 2.45) is 0 Å². The second-order valence-electron chi connectivity index (χ2n) is 4.45. The number of halogens is 1. The molecule has 96 valence electrons. The van der Waals surface area contributed by atoms with Crippen molar-refractivity contribution in [3.05, 3.63) is 59.6 Å². The molecule has 3 rings (SSSR count). The molecule has 0 fully saturated rings. The lowest BCUT2D eigenvalue weighted by atomic mass is 10.1. The first-order chi connectivity index (χ1) is 9.24. The average Bonchev–Trinajstić information content (AvgIpc) is 2.92. The van der Waals surface area contributed by atoms with Crippen LogP contribution in [0.25, 0.3) is 10.9 Å². The third kappa shape index (κ3) is 2.42. The maximum atomic E-state index is 6.15. The summed E-state index contributed by atoms with van der Waals surface area (Å²) in [5, 5.41) is 5.14. The first-order valence-corrected chi connectivity index (χ1v) is 6.45. The van der Waals surface area contributed by atoms with Gasteiger partial charge >= 0.3 is 0 Å². The van der Waals surface area contributed by atoms with Gasteiger partial charge in [0.05, 0.1) is 29.8 Å². The zero-order chi connectivity index (χ0) is 13.2. The SMILES string of the molecule is CC(Nc1cc(Cl)cc2cccnc12)c1ccoc1. The van der Waals surface area contributed by atoms with Crippen molar-refractivity contribution in [1.82, 2.24) is 4.98 Å². The average molecular weight is 273 g/mol. The van der Waals surface area contributed by atoms with Gasteiger partial charge in [-0.15, -0.1) is 0 Å². The Morgan fingerprint density at radius 3 is 3.00 bits per heavy atom. The molecule has 0 radical (unpaired) electrons. The van der Waals surface area contributed by atoms with Crippen molar-refractivity contribution < 1.29 is 4.42 Å². The van der Waals surface area contributed by atoms with Gasteiger partial charge in [0, 0.05) is 22.2 Å². The number of nitrogens with zero attached hydrogens (tertiary/aromatic N) is 1. The van der Waals surface area contributed by atoms with Crippen molar-refractivity contribution in [3.63, 3.8) is 0 Å². The van der Waals surface area contributed by atoms with E-state index in [0.717, 1.165) is 22.2 Å². The third-order valence-corrected chi connectivity index (χ3v) is 3.30. The van der Waals surface area contributed by atoms with Crippen molar-refractivity contribution in [3.8, 4) is 0 Å². The molecule has 0 aliphatic heterocycles. The molecule has 0 saturated heterocycles. The predicted molar refractivity (Wildman–Crippen MR) is 77.5 cm³/mol. The van der Waals surface area contributed by atoms with E-state index in [4.69, 9.17) is 16.0 Å². The number of hydrogen-bond acceptors (Lipinski definition) is 3. The van der Waals surface area contributed by atoms with E-state index in [0.29, 0.717) is 5.02 Å². The van der Waals surface area contributed by atoms with Crippen molar-refractivity contribution in [2.45, 2.75) is 13.0 Å². The molecular weight excluding hydrogens is 260 g/mol. The highest BCUT2D eigenvalue weighted by molar-refractivity contribution is 6.31. The summed E-state index contributed by atoms with van der Waals surface area (Å²) in [6, 6.07) is 9.79. The molecule has 0 aliphatic carbocycles. The van der Waals surface area contributed by atoms with Crippen LogP contribution in [-0.4, -0.2) is 4.98 Å². The van der Waals surface area contributed by atoms with E-state index in [1.807, 2.05) is 30.3 Å². The maximum absolute atomic E-state index is 6.15. The van der Waals surface area contributed by atoms with Crippen molar-refractivity contribution >= 4 is 28.2 Å². The van der Waals surface area contributed by atoms with E-state index in [2.05, 4.69) is 17.2 Å². The lowest BCUT2D eigenvalue weighted by molar-refractivity contribution is 0.562. The normalized spacial score (nSPS) is 12.5. The fourth-order valence-corrected chi connectivity index (χ4v) is 2.33. The highest BCUT2D eigenvalue weighted by Gasteiger charge is 2.10. The molecule has 3 aromatic rings. The van der Waals surface area contributed by atoms with E-state index in [-0.39, 0.29) is 6.04 Å². The minimum Gasteiger partial charge on any atom is -0.472 e. The van der Waals surface area contributed by atoms with Crippen LogP contribution >= 0.6 is 11.6 Å². The number of hydrogen-bond donors (Lipinski definition) is 1. The zero-order valence-corrected chi connectivity index (χ0v) is 11.2. The second kappa shape index (κ2) is 4.94. The summed E-state index contributed by atoms with van der Waals surface area (Å²) >= 11 is 6.15. The van der Waals surface area contributed by atoms with Crippen LogP contribution in [0.1, 0.15) is 18.5 Å². The number of rotatable bonds is 3. The molecule has 4 heteroatoms. The lowest BCUT2D eigenvalue weighted by Crippen LogP contribution is -2.06. The van der Waals surface area contributed by atoms with Gasteiger partial charge < -0.3 is 9.73 Å². The summed E-state index contributed by atoms with van der Waals surface area (Å²) in [4.78, 5) is 4.41. The minimum absolute atomic E-state index is 0.127. The molecule has 0 bridgehead atoms. The van der Waals surface area contributed by atoms with Crippen LogP contribution < -0.4 is 5.32 Å². The Bertz CT molecular complexity index is 694. The van der Waals surface area contributed by atoms with Gasteiger partial charge in [-0.1, -0.05) is 17.7 Å². The monoisotopic (exact) mass is 272 g/mol. The van der Waals surface area contributed by atoms with Gasteiger partial charge in [0.2, 0.25) is 0 Å². The molecule has 1 N–H and O–H groups in total. The summed E-state index contributed by atoms with van der Waals surface area (Å²) < 4.78 is 5.10. The molecule has 2 heterocycles. The molecule has 19 heavy (non-hydrogen) atoms. The van der Waals surface area contributed by atoms with Gasteiger partial charge in [0.25, 0.3) is 0 Å². The van der Waals surface area contributed by atoms with E-state index < -0.39 is 0 Å². The van der Waals surface area contributed by atoms with Gasteiger partial charge in [0.1, 0.15) is 0 Å². The number of nitrogens with one attached hydrogen (secondary N) is 1. The summed E-state index contributed by atoms with van der Waals surface area (Å²) in [6.45, 7) is 2.07. The maximum Gasteiger partial charge on any atom is 0.0955 e. The molecule has 1 atom stereocenters. The summed E-state index contributed by atoms with van der Waals surface area (Å²) in [5.41, 5.74) is 2.93. The number of furan rings is 1. The van der Waals surface area contributed by atoms with Crippen molar-refractivity contribution in [1.29, 1.82) is 0 Å². The highest BCUT2D eigenvalue weighted by Crippen LogP contribution is 2.29. The zero-order valence-electron chi connectivity index (χ0n) is 10.4. The van der Waals surface area contributed by atoms with Crippen LogP contribution in [-0.2, 0) is 0 Å². The number of benzene rings is 1. The molecule has 1 aromatic carbocycles. The fraction of sp³-hybridized carbons (Fsp3) is 0.133. The Balaban J connectivity index is 2.00. The molecule has 0 spiro atoms. The number of pyridine rings is 1. The standard InChI is InChI=1S/C15H13ClN2O/c1-10(12-4-6-19-9-12)18-14-8-13(16)7-11-3-2-5-17-15(11)14/h2-10,18H,1H3. The first-order valence-electron chi connectivity index (χ1n) is 6.07. The molecular formula is C15H13ClN2O. The van der Waals surface area contributed by atoms with Crippen LogP contribution in [0.4, 0.5) is 5.69 Å². The van der Waals surface area contributed by atoms with Gasteiger partial charge in [-0.05, 0) is 31.2 Å².